The van der Waals surface area contributed by atoms with Crippen LogP contribution in [-0.2, 0) is 4.79 Å². The van der Waals surface area contributed by atoms with Crippen LogP contribution in [0.25, 0.3) is 6.08 Å². The Kier molecular flexibility index (Phi) is 4.32. The van der Waals surface area contributed by atoms with Gasteiger partial charge >= 0.3 is 0 Å². The van der Waals surface area contributed by atoms with Crippen LogP contribution in [0.3, 0.4) is 0 Å². The molecule has 1 aliphatic rings. The Morgan fingerprint density at radius 2 is 2.42 bits per heavy atom. The van der Waals surface area contributed by atoms with Crippen molar-refractivity contribution in [1.82, 2.24) is 4.90 Å². The highest BCUT2D eigenvalue weighted by Gasteiger charge is 2.26. The molecule has 19 heavy (non-hydrogen) atoms. The number of aliphatic hydroxyl groups excluding tert-OH is 1. The maximum absolute atomic E-state index is 12.0. The standard InChI is InChI=1S/C15H16N2O2/c16-10-13-4-1-3-12(9-13)6-7-15(19)17-8-2-5-14(17)11-18/h1,3-4,6-7,9,14,18H,2,5,8,11H2. The molecule has 2 rings (SSSR count). The molecule has 0 saturated carbocycles. The number of amides is 1. The molecule has 0 aromatic heterocycles. The second-order valence-electron chi connectivity index (χ2n) is 4.58. The van der Waals surface area contributed by atoms with Crippen molar-refractivity contribution in [2.45, 2.75) is 18.9 Å². The van der Waals surface area contributed by atoms with Crippen LogP contribution in [0.4, 0.5) is 0 Å². The molecule has 0 bridgehead atoms. The number of hydrogen-bond donors (Lipinski definition) is 1. The number of nitrogens with zero attached hydrogens (tertiary/aromatic N) is 2. The summed E-state index contributed by atoms with van der Waals surface area (Å²) in [6.45, 7) is 0.718. The zero-order valence-electron chi connectivity index (χ0n) is 10.6. The summed E-state index contributed by atoms with van der Waals surface area (Å²) in [6.07, 6.45) is 5.01. The van der Waals surface area contributed by atoms with Gasteiger partial charge < -0.3 is 10.0 Å². The van der Waals surface area contributed by atoms with Crippen molar-refractivity contribution in [2.24, 2.45) is 0 Å². The molecule has 0 radical (unpaired) electrons. The maximum atomic E-state index is 12.0. The molecular formula is C15H16N2O2. The van der Waals surface area contributed by atoms with E-state index in [1.54, 1.807) is 29.2 Å². The highest BCUT2D eigenvalue weighted by atomic mass is 16.3. The molecule has 1 aromatic carbocycles. The highest BCUT2D eigenvalue weighted by Crippen LogP contribution is 2.17. The SMILES string of the molecule is N#Cc1cccc(C=CC(=O)N2CCCC2CO)c1. The lowest BCUT2D eigenvalue weighted by atomic mass is 10.1. The normalized spacial score (nSPS) is 18.7. The summed E-state index contributed by atoms with van der Waals surface area (Å²) < 4.78 is 0. The summed E-state index contributed by atoms with van der Waals surface area (Å²) in [4.78, 5) is 13.7. The maximum Gasteiger partial charge on any atom is 0.246 e. The fourth-order valence-corrected chi connectivity index (χ4v) is 2.29. The summed E-state index contributed by atoms with van der Waals surface area (Å²) in [5.41, 5.74) is 1.40. The molecule has 4 nitrogen and oxygen atoms in total. The first-order valence-corrected chi connectivity index (χ1v) is 6.34. The minimum Gasteiger partial charge on any atom is -0.394 e. The van der Waals surface area contributed by atoms with E-state index in [0.717, 1.165) is 18.4 Å². The van der Waals surface area contributed by atoms with Crippen LogP contribution < -0.4 is 0 Å². The Morgan fingerprint density at radius 1 is 1.58 bits per heavy atom. The summed E-state index contributed by atoms with van der Waals surface area (Å²) >= 11 is 0. The largest absolute Gasteiger partial charge is 0.394 e. The second-order valence-corrected chi connectivity index (χ2v) is 4.58. The zero-order valence-corrected chi connectivity index (χ0v) is 10.6. The molecule has 0 aliphatic carbocycles. The topological polar surface area (TPSA) is 64.3 Å². The van der Waals surface area contributed by atoms with Crippen molar-refractivity contribution in [2.75, 3.05) is 13.2 Å². The number of nitriles is 1. The van der Waals surface area contributed by atoms with Crippen LogP contribution in [0.5, 0.6) is 0 Å². The van der Waals surface area contributed by atoms with Crippen molar-refractivity contribution < 1.29 is 9.90 Å². The van der Waals surface area contributed by atoms with Gasteiger partial charge in [-0.2, -0.15) is 5.26 Å². The predicted octanol–water partition coefficient (Wildman–Crippen LogP) is 1.55. The van der Waals surface area contributed by atoms with Gasteiger partial charge in [-0.3, -0.25) is 4.79 Å². The van der Waals surface area contributed by atoms with Gasteiger partial charge in [0.1, 0.15) is 0 Å². The fourth-order valence-electron chi connectivity index (χ4n) is 2.29. The molecular weight excluding hydrogens is 240 g/mol. The van der Waals surface area contributed by atoms with E-state index in [9.17, 15) is 9.90 Å². The molecule has 4 heteroatoms. The molecule has 98 valence electrons. The third kappa shape index (κ3) is 3.21. The van der Waals surface area contributed by atoms with Gasteiger partial charge in [0.05, 0.1) is 24.3 Å². The van der Waals surface area contributed by atoms with Crippen molar-refractivity contribution >= 4 is 12.0 Å². The zero-order chi connectivity index (χ0) is 13.7. The number of hydrogen-bond acceptors (Lipinski definition) is 3. The van der Waals surface area contributed by atoms with E-state index in [1.807, 2.05) is 6.07 Å². The van der Waals surface area contributed by atoms with E-state index in [0.29, 0.717) is 12.1 Å². The number of benzene rings is 1. The number of carbonyl (C=O) groups is 1. The van der Waals surface area contributed by atoms with Gasteiger partial charge in [0.25, 0.3) is 0 Å². The highest BCUT2D eigenvalue weighted by molar-refractivity contribution is 5.92. The minimum absolute atomic E-state index is 0.0174. The van der Waals surface area contributed by atoms with Crippen molar-refractivity contribution in [3.8, 4) is 6.07 Å². The number of aliphatic hydroxyl groups is 1. The fraction of sp³-hybridized carbons (Fsp3) is 0.333. The van der Waals surface area contributed by atoms with E-state index in [4.69, 9.17) is 5.26 Å². The van der Waals surface area contributed by atoms with E-state index < -0.39 is 0 Å². The molecule has 1 amide bonds. The Morgan fingerprint density at radius 3 is 3.16 bits per heavy atom. The summed E-state index contributed by atoms with van der Waals surface area (Å²) in [5.74, 6) is -0.0843. The molecule has 0 spiro atoms. The van der Waals surface area contributed by atoms with Gasteiger partial charge in [-0.05, 0) is 36.6 Å². The molecule has 1 fully saturated rings. The smallest absolute Gasteiger partial charge is 0.246 e. The average molecular weight is 256 g/mol. The quantitative estimate of drug-likeness (QED) is 0.835. The molecule has 1 saturated heterocycles. The Hall–Kier alpha value is -2.12. The van der Waals surface area contributed by atoms with Crippen LogP contribution in [0, 0.1) is 11.3 Å². The third-order valence-electron chi connectivity index (χ3n) is 3.31. The van der Waals surface area contributed by atoms with E-state index in [1.165, 1.54) is 6.08 Å². The average Bonchev–Trinajstić information content (AvgIpc) is 2.93. The number of carbonyl (C=O) groups excluding carboxylic acids is 1. The molecule has 1 atom stereocenters. The van der Waals surface area contributed by atoms with Gasteiger partial charge in [-0.1, -0.05) is 12.1 Å². The monoisotopic (exact) mass is 256 g/mol. The third-order valence-corrected chi connectivity index (χ3v) is 3.31. The first-order chi connectivity index (χ1) is 9.24. The van der Waals surface area contributed by atoms with Crippen LogP contribution in [0.1, 0.15) is 24.0 Å². The van der Waals surface area contributed by atoms with Crippen LogP contribution in [-0.4, -0.2) is 35.1 Å². The summed E-state index contributed by atoms with van der Waals surface area (Å²) in [7, 11) is 0. The van der Waals surface area contributed by atoms with Gasteiger partial charge in [0.15, 0.2) is 0 Å². The molecule has 1 heterocycles. The van der Waals surface area contributed by atoms with E-state index >= 15 is 0 Å². The Labute approximate surface area is 112 Å². The van der Waals surface area contributed by atoms with Gasteiger partial charge in [0, 0.05) is 12.6 Å². The van der Waals surface area contributed by atoms with E-state index in [-0.39, 0.29) is 18.6 Å². The molecule has 1 unspecified atom stereocenters. The molecule has 1 aliphatic heterocycles. The van der Waals surface area contributed by atoms with E-state index in [2.05, 4.69) is 6.07 Å². The predicted molar refractivity (Wildman–Crippen MR) is 72.0 cm³/mol. The summed E-state index contributed by atoms with van der Waals surface area (Å²) in [6, 6.07) is 9.10. The first kappa shape index (κ1) is 13.3. The van der Waals surface area contributed by atoms with Crippen LogP contribution in [0.2, 0.25) is 0 Å². The van der Waals surface area contributed by atoms with Crippen molar-refractivity contribution in [3.05, 3.63) is 41.5 Å². The van der Waals surface area contributed by atoms with Crippen LogP contribution in [0.15, 0.2) is 30.3 Å². The van der Waals surface area contributed by atoms with Crippen LogP contribution >= 0.6 is 0 Å². The van der Waals surface area contributed by atoms with Crippen molar-refractivity contribution in [1.29, 1.82) is 5.26 Å². The first-order valence-electron chi connectivity index (χ1n) is 6.34. The Balaban J connectivity index is 2.05. The van der Waals surface area contributed by atoms with Gasteiger partial charge in [-0.15, -0.1) is 0 Å². The second kappa shape index (κ2) is 6.17. The minimum atomic E-state index is -0.0843. The van der Waals surface area contributed by atoms with Gasteiger partial charge in [0.2, 0.25) is 5.91 Å². The van der Waals surface area contributed by atoms with Crippen molar-refractivity contribution in [3.63, 3.8) is 0 Å². The van der Waals surface area contributed by atoms with Gasteiger partial charge in [-0.25, -0.2) is 0 Å². The molecule has 1 N–H and O–H groups in total. The summed E-state index contributed by atoms with van der Waals surface area (Å²) in [5, 5.41) is 18.0. The number of likely N-dealkylation sites (tertiary alicyclic amines) is 1. The lowest BCUT2D eigenvalue weighted by molar-refractivity contribution is -0.127. The lowest BCUT2D eigenvalue weighted by Gasteiger charge is -2.21. The lowest BCUT2D eigenvalue weighted by Crippen LogP contribution is -2.36. The molecule has 1 aromatic rings. The Bertz CT molecular complexity index is 531. The number of rotatable bonds is 3.